The van der Waals surface area contributed by atoms with Gasteiger partial charge in [0.1, 0.15) is 4.21 Å². The normalized spacial score (nSPS) is 11.6. The molecule has 0 saturated heterocycles. The van der Waals surface area contributed by atoms with E-state index in [1.54, 1.807) is 31.2 Å². The predicted molar refractivity (Wildman–Crippen MR) is 88.7 cm³/mol. The number of sulfonamides is 1. The molecule has 4 nitrogen and oxygen atoms in total. The highest BCUT2D eigenvalue weighted by molar-refractivity contribution is 7.94. The Labute approximate surface area is 134 Å². The van der Waals surface area contributed by atoms with Crippen molar-refractivity contribution in [1.82, 2.24) is 5.32 Å². The Kier molecular flexibility index (Phi) is 5.27. The second-order valence-electron chi connectivity index (χ2n) is 4.57. The zero-order valence-electron chi connectivity index (χ0n) is 11.8. The Hall–Kier alpha value is -1.08. The summed E-state index contributed by atoms with van der Waals surface area (Å²) in [5.74, 6) is 0. The molecule has 1 aromatic carbocycles. The Morgan fingerprint density at radius 1 is 1.33 bits per heavy atom. The van der Waals surface area contributed by atoms with Gasteiger partial charge in [0, 0.05) is 11.6 Å². The van der Waals surface area contributed by atoms with Crippen LogP contribution in [0.5, 0.6) is 0 Å². The fraction of sp³-hybridized carbons (Fsp3) is 0.286. The molecule has 1 heterocycles. The highest BCUT2D eigenvalue weighted by atomic mass is 35.5. The van der Waals surface area contributed by atoms with Gasteiger partial charge in [-0.1, -0.05) is 24.6 Å². The van der Waals surface area contributed by atoms with Crippen LogP contribution in [0.1, 0.15) is 18.1 Å². The van der Waals surface area contributed by atoms with E-state index >= 15 is 0 Å². The number of thiophene rings is 1. The smallest absolute Gasteiger partial charge is 0.271 e. The molecule has 0 aliphatic heterocycles. The maximum atomic E-state index is 12.4. The van der Waals surface area contributed by atoms with Gasteiger partial charge in [0.25, 0.3) is 10.0 Å². The molecule has 0 atom stereocenters. The van der Waals surface area contributed by atoms with Crippen molar-refractivity contribution in [1.29, 1.82) is 0 Å². The molecule has 7 heteroatoms. The van der Waals surface area contributed by atoms with E-state index < -0.39 is 10.0 Å². The second-order valence-corrected chi connectivity index (χ2v) is 7.80. The first kappa shape index (κ1) is 16.3. The first-order valence-corrected chi connectivity index (χ1v) is 9.24. The predicted octanol–water partition coefficient (Wildman–Crippen LogP) is 3.62. The highest BCUT2D eigenvalue weighted by Gasteiger charge is 2.18. The van der Waals surface area contributed by atoms with Crippen LogP contribution in [0.3, 0.4) is 0 Å². The first-order valence-electron chi connectivity index (χ1n) is 6.50. The number of hydrogen-bond donors (Lipinski definition) is 2. The minimum Gasteiger partial charge on any atom is -0.313 e. The zero-order valence-corrected chi connectivity index (χ0v) is 14.2. The lowest BCUT2D eigenvalue weighted by molar-refractivity contribution is 0.603. The van der Waals surface area contributed by atoms with Gasteiger partial charge < -0.3 is 5.32 Å². The van der Waals surface area contributed by atoms with Gasteiger partial charge in [-0.2, -0.15) is 0 Å². The van der Waals surface area contributed by atoms with Crippen molar-refractivity contribution >= 4 is 38.6 Å². The molecular weight excluding hydrogens is 328 g/mol. The molecule has 0 saturated carbocycles. The average Bonchev–Trinajstić information content (AvgIpc) is 2.91. The molecule has 0 aliphatic carbocycles. The second kappa shape index (κ2) is 6.79. The fourth-order valence-corrected chi connectivity index (χ4v) is 4.28. The minimum atomic E-state index is -3.57. The van der Waals surface area contributed by atoms with Crippen molar-refractivity contribution in [2.24, 2.45) is 0 Å². The Bertz CT molecular complexity index is 726. The molecule has 0 fully saturated rings. The summed E-state index contributed by atoms with van der Waals surface area (Å²) in [6, 6.07) is 6.84. The van der Waals surface area contributed by atoms with Crippen LogP contribution in [-0.2, 0) is 16.6 Å². The summed E-state index contributed by atoms with van der Waals surface area (Å²) >= 11 is 7.22. The lowest BCUT2D eigenvalue weighted by Crippen LogP contribution is -2.13. The van der Waals surface area contributed by atoms with Crippen molar-refractivity contribution in [2.75, 3.05) is 11.3 Å². The van der Waals surface area contributed by atoms with Crippen LogP contribution in [0, 0.1) is 6.92 Å². The van der Waals surface area contributed by atoms with Crippen molar-refractivity contribution in [2.45, 2.75) is 24.6 Å². The first-order chi connectivity index (χ1) is 9.94. The number of benzene rings is 1. The number of halogens is 1. The minimum absolute atomic E-state index is 0.301. The number of rotatable bonds is 6. The van der Waals surface area contributed by atoms with Gasteiger partial charge in [-0.15, -0.1) is 11.3 Å². The highest BCUT2D eigenvalue weighted by Crippen LogP contribution is 2.27. The maximum absolute atomic E-state index is 12.4. The third-order valence-corrected chi connectivity index (χ3v) is 6.25. The van der Waals surface area contributed by atoms with Crippen molar-refractivity contribution in [3.05, 3.63) is 45.8 Å². The summed E-state index contributed by atoms with van der Waals surface area (Å²) in [6.07, 6.45) is 0. The van der Waals surface area contributed by atoms with Crippen LogP contribution in [0.15, 0.2) is 33.9 Å². The molecule has 0 spiro atoms. The van der Waals surface area contributed by atoms with Gasteiger partial charge in [-0.05, 0) is 48.2 Å². The van der Waals surface area contributed by atoms with E-state index in [1.165, 1.54) is 11.3 Å². The Morgan fingerprint density at radius 3 is 2.81 bits per heavy atom. The van der Waals surface area contributed by atoms with Crippen LogP contribution in [0.25, 0.3) is 0 Å². The zero-order chi connectivity index (χ0) is 15.5. The van der Waals surface area contributed by atoms with Crippen LogP contribution in [0.2, 0.25) is 5.02 Å². The van der Waals surface area contributed by atoms with E-state index in [-0.39, 0.29) is 0 Å². The maximum Gasteiger partial charge on any atom is 0.271 e. The summed E-state index contributed by atoms with van der Waals surface area (Å²) in [6.45, 7) is 5.30. The van der Waals surface area contributed by atoms with E-state index in [2.05, 4.69) is 10.0 Å². The van der Waals surface area contributed by atoms with E-state index in [9.17, 15) is 8.42 Å². The summed E-state index contributed by atoms with van der Waals surface area (Å²) in [4.78, 5) is 0. The fourth-order valence-electron chi connectivity index (χ4n) is 1.77. The molecule has 0 amide bonds. The third-order valence-electron chi connectivity index (χ3n) is 2.99. The number of nitrogens with one attached hydrogen (secondary N) is 2. The van der Waals surface area contributed by atoms with Crippen molar-refractivity contribution < 1.29 is 8.42 Å². The molecular formula is C14H17ClN2O2S2. The monoisotopic (exact) mass is 344 g/mol. The molecule has 0 radical (unpaired) electrons. The lowest BCUT2D eigenvalue weighted by atomic mass is 10.2. The van der Waals surface area contributed by atoms with Crippen molar-refractivity contribution in [3.63, 3.8) is 0 Å². The largest absolute Gasteiger partial charge is 0.313 e. The Balaban J connectivity index is 2.22. The SMILES string of the molecule is CCNCc1csc(S(=O)(=O)Nc2cccc(Cl)c2C)c1. The van der Waals surface area contributed by atoms with Gasteiger partial charge in [0.2, 0.25) is 0 Å². The molecule has 21 heavy (non-hydrogen) atoms. The van der Waals surface area contributed by atoms with Gasteiger partial charge in [0.15, 0.2) is 0 Å². The molecule has 0 bridgehead atoms. The molecule has 2 aromatic rings. The van der Waals surface area contributed by atoms with Gasteiger partial charge in [-0.3, -0.25) is 4.72 Å². The summed E-state index contributed by atoms with van der Waals surface area (Å²) < 4.78 is 27.7. The van der Waals surface area contributed by atoms with E-state index in [4.69, 9.17) is 11.6 Å². The molecule has 0 unspecified atom stereocenters. The summed E-state index contributed by atoms with van der Waals surface area (Å²) in [5.41, 5.74) is 2.18. The van der Waals surface area contributed by atoms with Crippen LogP contribution >= 0.6 is 22.9 Å². The number of hydrogen-bond acceptors (Lipinski definition) is 4. The molecule has 1 aromatic heterocycles. The average molecular weight is 345 g/mol. The van der Waals surface area contributed by atoms with Gasteiger partial charge in [0.05, 0.1) is 5.69 Å². The third kappa shape index (κ3) is 3.97. The van der Waals surface area contributed by atoms with E-state index in [0.717, 1.165) is 12.1 Å². The van der Waals surface area contributed by atoms with E-state index in [1.807, 2.05) is 12.3 Å². The summed E-state index contributed by atoms with van der Waals surface area (Å²) in [7, 11) is -3.57. The molecule has 0 aliphatic rings. The van der Waals surface area contributed by atoms with Crippen molar-refractivity contribution in [3.8, 4) is 0 Å². The topological polar surface area (TPSA) is 58.2 Å². The van der Waals surface area contributed by atoms with E-state index in [0.29, 0.717) is 27.0 Å². The van der Waals surface area contributed by atoms with Gasteiger partial charge >= 0.3 is 0 Å². The Morgan fingerprint density at radius 2 is 2.10 bits per heavy atom. The van der Waals surface area contributed by atoms with Crippen LogP contribution in [-0.4, -0.2) is 15.0 Å². The summed E-state index contributed by atoms with van der Waals surface area (Å²) in [5, 5.41) is 5.56. The number of anilines is 1. The molecule has 2 rings (SSSR count). The standard InChI is InChI=1S/C14H17ClN2O2S2/c1-3-16-8-11-7-14(20-9-11)21(18,19)17-13-6-4-5-12(15)10(13)2/h4-7,9,16-17H,3,8H2,1-2H3. The quantitative estimate of drug-likeness (QED) is 0.841. The molecule has 2 N–H and O–H groups in total. The molecule has 114 valence electrons. The van der Waals surface area contributed by atoms with Crippen LogP contribution in [0.4, 0.5) is 5.69 Å². The van der Waals surface area contributed by atoms with Crippen LogP contribution < -0.4 is 10.0 Å². The lowest BCUT2D eigenvalue weighted by Gasteiger charge is -2.10. The van der Waals surface area contributed by atoms with Gasteiger partial charge in [-0.25, -0.2) is 8.42 Å².